The van der Waals surface area contributed by atoms with Crippen LogP contribution in [0.2, 0.25) is 0 Å². The zero-order valence-corrected chi connectivity index (χ0v) is 16.3. The fourth-order valence-corrected chi connectivity index (χ4v) is 2.69. The topological polar surface area (TPSA) is 75.3 Å². The van der Waals surface area contributed by atoms with Gasteiger partial charge < -0.3 is 29.0 Å². The minimum atomic E-state index is -0.269. The zero-order chi connectivity index (χ0) is 19.8. The van der Waals surface area contributed by atoms with Crippen molar-refractivity contribution in [3.05, 3.63) is 41.5 Å². The quantitative estimate of drug-likeness (QED) is 0.726. The maximum absolute atomic E-state index is 12.6. The highest BCUT2D eigenvalue weighted by Crippen LogP contribution is 2.34. The van der Waals surface area contributed by atoms with Crippen LogP contribution in [0.4, 0.5) is 0 Å². The number of methoxy groups -OCH3 is 5. The van der Waals surface area contributed by atoms with Gasteiger partial charge in [0.2, 0.25) is 0 Å². The molecule has 0 radical (unpaired) electrons. The molecule has 0 aliphatic heterocycles. The van der Waals surface area contributed by atoms with E-state index in [1.54, 1.807) is 26.4 Å². The van der Waals surface area contributed by atoms with E-state index in [1.807, 2.05) is 18.2 Å². The van der Waals surface area contributed by atoms with E-state index >= 15 is 0 Å². The number of ether oxygens (including phenoxy) is 5. The number of rotatable bonds is 9. The minimum absolute atomic E-state index is 0.269. The molecule has 27 heavy (non-hydrogen) atoms. The number of carbonyl (C=O) groups is 1. The fraction of sp³-hybridized carbons (Fsp3) is 0.350. The van der Waals surface area contributed by atoms with Crippen LogP contribution in [0, 0.1) is 0 Å². The van der Waals surface area contributed by atoms with E-state index in [1.165, 1.54) is 21.3 Å². The molecule has 7 heteroatoms. The first-order chi connectivity index (χ1) is 13.1. The Morgan fingerprint density at radius 1 is 0.778 bits per heavy atom. The van der Waals surface area contributed by atoms with Gasteiger partial charge in [-0.15, -0.1) is 0 Å². The second-order valence-corrected chi connectivity index (χ2v) is 5.59. The van der Waals surface area contributed by atoms with Crippen molar-refractivity contribution in [3.63, 3.8) is 0 Å². The van der Waals surface area contributed by atoms with Gasteiger partial charge in [0.15, 0.2) is 11.5 Å². The van der Waals surface area contributed by atoms with Gasteiger partial charge in [-0.05, 0) is 30.2 Å². The molecule has 1 N–H and O–H groups in total. The fourth-order valence-electron chi connectivity index (χ4n) is 2.69. The zero-order valence-electron chi connectivity index (χ0n) is 16.3. The summed E-state index contributed by atoms with van der Waals surface area (Å²) < 4.78 is 26.4. The van der Waals surface area contributed by atoms with Crippen LogP contribution in [-0.2, 0) is 6.42 Å². The van der Waals surface area contributed by atoms with Crippen LogP contribution in [0.3, 0.4) is 0 Å². The summed E-state index contributed by atoms with van der Waals surface area (Å²) in [5.74, 6) is 2.57. The Bertz CT molecular complexity index is 790. The summed E-state index contributed by atoms with van der Waals surface area (Å²) in [6.07, 6.45) is 0.585. The van der Waals surface area contributed by atoms with Crippen molar-refractivity contribution in [2.75, 3.05) is 42.1 Å². The molecule has 0 aliphatic carbocycles. The molecule has 0 heterocycles. The number of benzene rings is 2. The lowest BCUT2D eigenvalue weighted by molar-refractivity contribution is 0.0950. The molecule has 0 aromatic heterocycles. The Morgan fingerprint density at radius 3 is 2.00 bits per heavy atom. The van der Waals surface area contributed by atoms with Gasteiger partial charge in [-0.3, -0.25) is 4.79 Å². The van der Waals surface area contributed by atoms with E-state index in [0.29, 0.717) is 35.8 Å². The highest BCUT2D eigenvalue weighted by molar-refractivity contribution is 5.97. The van der Waals surface area contributed by atoms with Gasteiger partial charge in [0.05, 0.1) is 41.1 Å². The first-order valence-corrected chi connectivity index (χ1v) is 8.37. The third-order valence-electron chi connectivity index (χ3n) is 4.12. The van der Waals surface area contributed by atoms with Crippen molar-refractivity contribution in [3.8, 4) is 28.7 Å². The van der Waals surface area contributed by atoms with Crippen LogP contribution >= 0.6 is 0 Å². The Hall–Kier alpha value is -3.09. The van der Waals surface area contributed by atoms with Crippen molar-refractivity contribution >= 4 is 5.91 Å². The van der Waals surface area contributed by atoms with Gasteiger partial charge in [0, 0.05) is 18.7 Å². The second-order valence-electron chi connectivity index (χ2n) is 5.59. The molecule has 146 valence electrons. The number of hydrogen-bond donors (Lipinski definition) is 1. The Morgan fingerprint density at radius 2 is 1.41 bits per heavy atom. The van der Waals surface area contributed by atoms with Gasteiger partial charge in [-0.1, -0.05) is 0 Å². The molecule has 0 atom stereocenters. The Labute approximate surface area is 159 Å². The van der Waals surface area contributed by atoms with E-state index in [0.717, 1.165) is 17.1 Å². The summed E-state index contributed by atoms with van der Waals surface area (Å²) in [4.78, 5) is 12.6. The SMILES string of the molecule is COc1ccc(OC)c(CCNC(=O)c2cc(OC)c(OC)cc2OC)c1. The molecule has 2 aromatic rings. The predicted molar refractivity (Wildman–Crippen MR) is 102 cm³/mol. The first kappa shape index (κ1) is 20.2. The number of amides is 1. The highest BCUT2D eigenvalue weighted by atomic mass is 16.5. The van der Waals surface area contributed by atoms with Gasteiger partial charge in [0.25, 0.3) is 5.91 Å². The highest BCUT2D eigenvalue weighted by Gasteiger charge is 2.17. The third-order valence-corrected chi connectivity index (χ3v) is 4.12. The third kappa shape index (κ3) is 4.75. The Kier molecular flexibility index (Phi) is 7.16. The van der Waals surface area contributed by atoms with E-state index < -0.39 is 0 Å². The van der Waals surface area contributed by atoms with Crippen LogP contribution in [0.5, 0.6) is 28.7 Å². The molecule has 0 bridgehead atoms. The summed E-state index contributed by atoms with van der Waals surface area (Å²) in [7, 11) is 7.76. The van der Waals surface area contributed by atoms with Crippen LogP contribution in [0.15, 0.2) is 30.3 Å². The van der Waals surface area contributed by atoms with Crippen LogP contribution in [-0.4, -0.2) is 48.0 Å². The van der Waals surface area contributed by atoms with Gasteiger partial charge in [-0.25, -0.2) is 0 Å². The number of carbonyl (C=O) groups excluding carboxylic acids is 1. The molecule has 0 saturated carbocycles. The minimum Gasteiger partial charge on any atom is -0.497 e. The van der Waals surface area contributed by atoms with Gasteiger partial charge in [0.1, 0.15) is 17.2 Å². The van der Waals surface area contributed by atoms with Gasteiger partial charge in [-0.2, -0.15) is 0 Å². The van der Waals surface area contributed by atoms with Crippen LogP contribution in [0.25, 0.3) is 0 Å². The molecule has 0 spiro atoms. The number of nitrogens with one attached hydrogen (secondary N) is 1. The lowest BCUT2D eigenvalue weighted by Gasteiger charge is -2.14. The lowest BCUT2D eigenvalue weighted by atomic mass is 10.1. The second kappa shape index (κ2) is 9.56. The molecule has 2 rings (SSSR count). The van der Waals surface area contributed by atoms with E-state index in [4.69, 9.17) is 23.7 Å². The molecule has 0 unspecified atom stereocenters. The Balaban J connectivity index is 2.12. The van der Waals surface area contributed by atoms with E-state index in [9.17, 15) is 4.79 Å². The monoisotopic (exact) mass is 375 g/mol. The standard InChI is InChI=1S/C20H25NO6/c1-23-14-6-7-16(24-2)13(10-14)8-9-21-20(22)15-11-18(26-4)19(27-5)12-17(15)25-3/h6-7,10-12H,8-9H2,1-5H3,(H,21,22). The van der Waals surface area contributed by atoms with E-state index in [-0.39, 0.29) is 5.91 Å². The molecule has 2 aromatic carbocycles. The molecule has 0 fully saturated rings. The normalized spacial score (nSPS) is 10.1. The molecule has 0 saturated heterocycles. The summed E-state index contributed by atoms with van der Waals surface area (Å²) in [5.41, 5.74) is 1.31. The largest absolute Gasteiger partial charge is 0.497 e. The summed E-state index contributed by atoms with van der Waals surface area (Å²) in [6, 6.07) is 8.78. The average molecular weight is 375 g/mol. The van der Waals surface area contributed by atoms with Crippen LogP contribution in [0.1, 0.15) is 15.9 Å². The smallest absolute Gasteiger partial charge is 0.255 e. The molecule has 0 aliphatic rings. The van der Waals surface area contributed by atoms with Crippen LogP contribution < -0.4 is 29.0 Å². The average Bonchev–Trinajstić information content (AvgIpc) is 2.72. The maximum atomic E-state index is 12.6. The van der Waals surface area contributed by atoms with Crippen molar-refractivity contribution in [2.24, 2.45) is 0 Å². The van der Waals surface area contributed by atoms with E-state index in [2.05, 4.69) is 5.32 Å². The molecular formula is C20H25NO6. The summed E-state index contributed by atoms with van der Waals surface area (Å²) in [5, 5.41) is 2.89. The summed E-state index contributed by atoms with van der Waals surface area (Å²) >= 11 is 0. The van der Waals surface area contributed by atoms with Crippen molar-refractivity contribution in [1.29, 1.82) is 0 Å². The van der Waals surface area contributed by atoms with Crippen molar-refractivity contribution in [2.45, 2.75) is 6.42 Å². The number of hydrogen-bond acceptors (Lipinski definition) is 6. The molecule has 1 amide bonds. The van der Waals surface area contributed by atoms with Crippen molar-refractivity contribution < 1.29 is 28.5 Å². The lowest BCUT2D eigenvalue weighted by Crippen LogP contribution is -2.26. The van der Waals surface area contributed by atoms with Crippen molar-refractivity contribution in [1.82, 2.24) is 5.32 Å². The van der Waals surface area contributed by atoms with Gasteiger partial charge >= 0.3 is 0 Å². The first-order valence-electron chi connectivity index (χ1n) is 8.37. The molecule has 7 nitrogen and oxygen atoms in total. The molecular weight excluding hydrogens is 350 g/mol. The maximum Gasteiger partial charge on any atom is 0.255 e. The summed E-state index contributed by atoms with van der Waals surface area (Å²) in [6.45, 7) is 0.417. The predicted octanol–water partition coefficient (Wildman–Crippen LogP) is 2.70.